The van der Waals surface area contributed by atoms with Gasteiger partial charge in [-0.3, -0.25) is 9.69 Å². The van der Waals surface area contributed by atoms with Crippen LogP contribution in [0.3, 0.4) is 0 Å². The molecule has 5 nitrogen and oxygen atoms in total. The summed E-state index contributed by atoms with van der Waals surface area (Å²) in [6.07, 6.45) is 6.69. The molecule has 0 spiro atoms. The molecule has 1 aliphatic carbocycles. The van der Waals surface area contributed by atoms with Gasteiger partial charge in [-0.15, -0.1) is 0 Å². The van der Waals surface area contributed by atoms with E-state index in [1.165, 1.54) is 32.1 Å². The standard InChI is InChI=1S/C27H30N2O3/c30-27(29-19-17-28(18-20-29)22-7-3-1-4-8-22)26-16-15-25(32-26)21-11-13-24(14-12-21)31-23-9-5-2-6-10-23/h2,5-6,9-16,22H,1,3-4,7-8,17-20H2. The Kier molecular flexibility index (Phi) is 6.26. The maximum absolute atomic E-state index is 13.0. The molecule has 1 saturated carbocycles. The quantitative estimate of drug-likeness (QED) is 0.511. The number of piperazine rings is 1. The van der Waals surface area contributed by atoms with Gasteiger partial charge in [0, 0.05) is 37.8 Å². The second-order valence-electron chi connectivity index (χ2n) is 8.72. The third kappa shape index (κ3) is 4.73. The van der Waals surface area contributed by atoms with E-state index in [1.807, 2.05) is 65.6 Å². The zero-order valence-electron chi connectivity index (χ0n) is 18.4. The van der Waals surface area contributed by atoms with Gasteiger partial charge in [-0.05, 0) is 61.4 Å². The molecule has 1 aliphatic heterocycles. The second kappa shape index (κ2) is 9.61. The highest BCUT2D eigenvalue weighted by molar-refractivity contribution is 5.92. The Bertz CT molecular complexity index is 1010. The highest BCUT2D eigenvalue weighted by Crippen LogP contribution is 2.28. The van der Waals surface area contributed by atoms with Crippen molar-refractivity contribution in [3.05, 3.63) is 72.5 Å². The minimum absolute atomic E-state index is 0.0106. The molecule has 3 aromatic rings. The Morgan fingerprint density at radius 1 is 0.781 bits per heavy atom. The first-order chi connectivity index (χ1) is 15.8. The SMILES string of the molecule is O=C(c1ccc(-c2ccc(Oc3ccccc3)cc2)o1)N1CCN(C2CCCCC2)CC1. The fraction of sp³-hybridized carbons (Fsp3) is 0.370. The van der Waals surface area contributed by atoms with E-state index in [2.05, 4.69) is 4.90 Å². The van der Waals surface area contributed by atoms with Crippen LogP contribution in [0.5, 0.6) is 11.5 Å². The highest BCUT2D eigenvalue weighted by atomic mass is 16.5. The van der Waals surface area contributed by atoms with Crippen LogP contribution in [0.4, 0.5) is 0 Å². The van der Waals surface area contributed by atoms with Crippen molar-refractivity contribution in [2.24, 2.45) is 0 Å². The largest absolute Gasteiger partial charge is 0.457 e. The molecule has 5 heteroatoms. The molecular weight excluding hydrogens is 400 g/mol. The van der Waals surface area contributed by atoms with Crippen LogP contribution in [-0.2, 0) is 0 Å². The van der Waals surface area contributed by atoms with E-state index in [4.69, 9.17) is 9.15 Å². The first-order valence-corrected chi connectivity index (χ1v) is 11.7. The number of ether oxygens (including phenoxy) is 1. The zero-order chi connectivity index (χ0) is 21.8. The Morgan fingerprint density at radius 2 is 1.47 bits per heavy atom. The summed E-state index contributed by atoms with van der Waals surface area (Å²) in [5, 5.41) is 0. The summed E-state index contributed by atoms with van der Waals surface area (Å²) >= 11 is 0. The lowest BCUT2D eigenvalue weighted by Crippen LogP contribution is -2.52. The third-order valence-corrected chi connectivity index (χ3v) is 6.63. The summed E-state index contributed by atoms with van der Waals surface area (Å²) in [4.78, 5) is 17.5. The third-order valence-electron chi connectivity index (χ3n) is 6.63. The van der Waals surface area contributed by atoms with E-state index in [9.17, 15) is 4.79 Å². The number of carbonyl (C=O) groups excluding carboxylic acids is 1. The van der Waals surface area contributed by atoms with Crippen LogP contribution < -0.4 is 4.74 Å². The molecule has 1 aromatic heterocycles. The number of hydrogen-bond donors (Lipinski definition) is 0. The molecule has 1 saturated heterocycles. The molecule has 0 radical (unpaired) electrons. The number of hydrogen-bond acceptors (Lipinski definition) is 4. The number of rotatable bonds is 5. The van der Waals surface area contributed by atoms with Crippen LogP contribution in [0.15, 0.2) is 71.1 Å². The van der Waals surface area contributed by atoms with Crippen LogP contribution in [0.2, 0.25) is 0 Å². The van der Waals surface area contributed by atoms with Crippen molar-refractivity contribution in [3.8, 4) is 22.8 Å². The molecule has 166 valence electrons. The molecule has 2 aliphatic rings. The van der Waals surface area contributed by atoms with Gasteiger partial charge in [-0.1, -0.05) is 37.5 Å². The molecular formula is C27H30N2O3. The van der Waals surface area contributed by atoms with Crippen LogP contribution in [0, 0.1) is 0 Å². The van der Waals surface area contributed by atoms with Gasteiger partial charge in [0.1, 0.15) is 17.3 Å². The monoisotopic (exact) mass is 430 g/mol. The molecule has 0 N–H and O–H groups in total. The molecule has 2 aromatic carbocycles. The van der Waals surface area contributed by atoms with E-state index in [1.54, 1.807) is 6.07 Å². The summed E-state index contributed by atoms with van der Waals surface area (Å²) < 4.78 is 11.8. The molecule has 32 heavy (non-hydrogen) atoms. The zero-order valence-corrected chi connectivity index (χ0v) is 18.4. The first kappa shape index (κ1) is 20.8. The molecule has 2 heterocycles. The van der Waals surface area contributed by atoms with Crippen molar-refractivity contribution in [2.75, 3.05) is 26.2 Å². The molecule has 0 bridgehead atoms. The molecule has 1 amide bonds. The van der Waals surface area contributed by atoms with Crippen LogP contribution in [0.1, 0.15) is 42.7 Å². The van der Waals surface area contributed by atoms with Gasteiger partial charge in [-0.2, -0.15) is 0 Å². The number of carbonyl (C=O) groups is 1. The summed E-state index contributed by atoms with van der Waals surface area (Å²) in [6, 6.07) is 21.8. The predicted octanol–water partition coefficient (Wildman–Crippen LogP) is 5.83. The maximum Gasteiger partial charge on any atom is 0.289 e. The van der Waals surface area contributed by atoms with Crippen molar-refractivity contribution < 1.29 is 13.9 Å². The minimum Gasteiger partial charge on any atom is -0.457 e. The Balaban J connectivity index is 1.19. The van der Waals surface area contributed by atoms with E-state index in [0.29, 0.717) is 17.6 Å². The van der Waals surface area contributed by atoms with Gasteiger partial charge in [0.2, 0.25) is 0 Å². The van der Waals surface area contributed by atoms with Crippen LogP contribution in [-0.4, -0.2) is 47.9 Å². The summed E-state index contributed by atoms with van der Waals surface area (Å²) in [5.74, 6) is 2.66. The number of furan rings is 1. The second-order valence-corrected chi connectivity index (χ2v) is 8.72. The number of benzene rings is 2. The normalized spacial score (nSPS) is 17.9. The van der Waals surface area contributed by atoms with Gasteiger partial charge < -0.3 is 14.1 Å². The van der Waals surface area contributed by atoms with Crippen molar-refractivity contribution in [3.63, 3.8) is 0 Å². The summed E-state index contributed by atoms with van der Waals surface area (Å²) in [5.41, 5.74) is 0.923. The van der Waals surface area contributed by atoms with Gasteiger partial charge in [0.15, 0.2) is 5.76 Å². The lowest BCUT2D eigenvalue weighted by Gasteiger charge is -2.40. The highest BCUT2D eigenvalue weighted by Gasteiger charge is 2.28. The number of para-hydroxylation sites is 1. The molecule has 5 rings (SSSR count). The van der Waals surface area contributed by atoms with Crippen molar-refractivity contribution >= 4 is 5.91 Å². The molecule has 0 atom stereocenters. The average molecular weight is 431 g/mol. The van der Waals surface area contributed by atoms with Gasteiger partial charge in [0.25, 0.3) is 5.91 Å². The lowest BCUT2D eigenvalue weighted by atomic mass is 9.94. The maximum atomic E-state index is 13.0. The number of amides is 1. The van der Waals surface area contributed by atoms with Crippen molar-refractivity contribution in [1.29, 1.82) is 0 Å². The Hall–Kier alpha value is -3.05. The Morgan fingerprint density at radius 3 is 2.19 bits per heavy atom. The molecule has 0 unspecified atom stereocenters. The van der Waals surface area contributed by atoms with Crippen molar-refractivity contribution in [1.82, 2.24) is 9.80 Å². The molecule has 2 fully saturated rings. The first-order valence-electron chi connectivity index (χ1n) is 11.7. The van der Waals surface area contributed by atoms with Gasteiger partial charge in [0.05, 0.1) is 0 Å². The smallest absolute Gasteiger partial charge is 0.289 e. The number of nitrogens with zero attached hydrogens (tertiary/aromatic N) is 2. The summed E-state index contributed by atoms with van der Waals surface area (Å²) in [7, 11) is 0. The van der Waals surface area contributed by atoms with E-state index in [-0.39, 0.29) is 5.91 Å². The fourth-order valence-electron chi connectivity index (χ4n) is 4.81. The van der Waals surface area contributed by atoms with E-state index in [0.717, 1.165) is 43.2 Å². The fourth-order valence-corrected chi connectivity index (χ4v) is 4.81. The van der Waals surface area contributed by atoms with Gasteiger partial charge >= 0.3 is 0 Å². The minimum atomic E-state index is -0.0106. The van der Waals surface area contributed by atoms with Crippen molar-refractivity contribution in [2.45, 2.75) is 38.1 Å². The average Bonchev–Trinajstić information content (AvgIpc) is 3.36. The topological polar surface area (TPSA) is 45.9 Å². The van der Waals surface area contributed by atoms with Crippen LogP contribution >= 0.6 is 0 Å². The van der Waals surface area contributed by atoms with Gasteiger partial charge in [-0.25, -0.2) is 0 Å². The van der Waals surface area contributed by atoms with E-state index >= 15 is 0 Å². The Labute approximate surface area is 189 Å². The van der Waals surface area contributed by atoms with Crippen LogP contribution in [0.25, 0.3) is 11.3 Å². The predicted molar refractivity (Wildman–Crippen MR) is 125 cm³/mol. The van der Waals surface area contributed by atoms with E-state index < -0.39 is 0 Å². The summed E-state index contributed by atoms with van der Waals surface area (Å²) in [6.45, 7) is 3.48. The lowest BCUT2D eigenvalue weighted by molar-refractivity contribution is 0.0498.